The number of aliphatic imine (C=N–C) groups is 1. The van der Waals surface area contributed by atoms with Crippen LogP contribution in [-0.4, -0.2) is 52.8 Å². The SMILES string of the molecule is CCOC(=O)C1=C(C)C2N=CC(CC3C=CC(F)=CC3)=C3OC(C(=O)O)=CN(C1=O)C32. The summed E-state index contributed by atoms with van der Waals surface area (Å²) < 4.78 is 24.0. The van der Waals surface area contributed by atoms with Crippen molar-refractivity contribution in [1.29, 1.82) is 0 Å². The maximum atomic E-state index is 13.3. The second kappa shape index (κ2) is 7.98. The molecule has 3 atom stereocenters. The molecule has 0 fully saturated rings. The molecule has 162 valence electrons. The Morgan fingerprint density at radius 3 is 2.84 bits per heavy atom. The molecule has 0 saturated carbocycles. The molecule has 4 aliphatic rings. The lowest BCUT2D eigenvalue weighted by Crippen LogP contribution is -2.55. The second-order valence-electron chi connectivity index (χ2n) is 7.60. The number of carboxylic acid groups (broad SMARTS) is 1. The smallest absolute Gasteiger partial charge is 0.373 e. The van der Waals surface area contributed by atoms with E-state index in [1.165, 1.54) is 17.1 Å². The second-order valence-corrected chi connectivity index (χ2v) is 7.60. The van der Waals surface area contributed by atoms with Gasteiger partial charge in [-0.05, 0) is 50.3 Å². The lowest BCUT2D eigenvalue weighted by atomic mass is 9.83. The highest BCUT2D eigenvalue weighted by Crippen LogP contribution is 2.40. The molecule has 0 aromatic heterocycles. The van der Waals surface area contributed by atoms with Gasteiger partial charge in [-0.1, -0.05) is 6.08 Å². The highest BCUT2D eigenvalue weighted by molar-refractivity contribution is 6.18. The predicted molar refractivity (Wildman–Crippen MR) is 107 cm³/mol. The zero-order valence-corrected chi connectivity index (χ0v) is 17.0. The minimum atomic E-state index is -1.34. The molecule has 1 aliphatic carbocycles. The number of aliphatic carboxylic acids is 1. The Bertz CT molecular complexity index is 1050. The van der Waals surface area contributed by atoms with Crippen LogP contribution in [0.1, 0.15) is 26.7 Å². The van der Waals surface area contributed by atoms with Gasteiger partial charge in [-0.15, -0.1) is 0 Å². The van der Waals surface area contributed by atoms with E-state index in [0.29, 0.717) is 29.7 Å². The average molecular weight is 428 g/mol. The van der Waals surface area contributed by atoms with Crippen molar-refractivity contribution in [3.8, 4) is 0 Å². The lowest BCUT2D eigenvalue weighted by Gasteiger charge is -2.44. The maximum absolute atomic E-state index is 13.3. The standard InChI is InChI=1S/C22H21FN2O6/c1-3-30-22(29)16-11(2)17-18-19(31-15(21(27)28)10-25(18)20(16)26)13(9-24-17)8-12-4-6-14(23)7-5-12/h4,6-7,9-10,12,17-18H,3,5,8H2,1-2H3,(H,27,28). The first-order valence-corrected chi connectivity index (χ1v) is 9.95. The van der Waals surface area contributed by atoms with Crippen LogP contribution < -0.4 is 0 Å². The first kappa shape index (κ1) is 20.8. The predicted octanol–water partition coefficient (Wildman–Crippen LogP) is 2.56. The van der Waals surface area contributed by atoms with Gasteiger partial charge >= 0.3 is 11.9 Å². The number of dihydropyridines is 1. The lowest BCUT2D eigenvalue weighted by molar-refractivity contribution is -0.143. The van der Waals surface area contributed by atoms with Crippen LogP contribution in [0.3, 0.4) is 0 Å². The molecule has 0 aromatic carbocycles. The van der Waals surface area contributed by atoms with Gasteiger partial charge in [0.2, 0.25) is 5.76 Å². The van der Waals surface area contributed by atoms with Gasteiger partial charge < -0.3 is 14.6 Å². The molecule has 3 heterocycles. The number of hydrogen-bond donors (Lipinski definition) is 1. The van der Waals surface area contributed by atoms with Gasteiger partial charge in [-0.3, -0.25) is 14.7 Å². The number of halogens is 1. The summed E-state index contributed by atoms with van der Waals surface area (Å²) in [4.78, 5) is 43.0. The summed E-state index contributed by atoms with van der Waals surface area (Å²) >= 11 is 0. The molecule has 1 N–H and O–H groups in total. The van der Waals surface area contributed by atoms with Crippen LogP contribution in [0.5, 0.6) is 0 Å². The molecule has 4 rings (SSSR count). The molecule has 3 aliphatic heterocycles. The number of amides is 1. The topological polar surface area (TPSA) is 106 Å². The molecule has 0 spiro atoms. The van der Waals surface area contributed by atoms with E-state index in [1.54, 1.807) is 26.1 Å². The molecule has 0 aromatic rings. The van der Waals surface area contributed by atoms with E-state index in [0.717, 1.165) is 6.20 Å². The molecule has 0 bridgehead atoms. The van der Waals surface area contributed by atoms with Gasteiger partial charge in [0.1, 0.15) is 29.2 Å². The van der Waals surface area contributed by atoms with E-state index in [1.807, 2.05) is 0 Å². The number of allylic oxidation sites excluding steroid dienone is 5. The first-order chi connectivity index (χ1) is 14.8. The van der Waals surface area contributed by atoms with Crippen LogP contribution in [0.4, 0.5) is 4.39 Å². The van der Waals surface area contributed by atoms with Crippen molar-refractivity contribution in [2.24, 2.45) is 10.9 Å². The van der Waals surface area contributed by atoms with Crippen molar-refractivity contribution in [2.75, 3.05) is 6.61 Å². The van der Waals surface area contributed by atoms with E-state index in [4.69, 9.17) is 9.47 Å². The number of esters is 1. The van der Waals surface area contributed by atoms with E-state index in [9.17, 15) is 23.9 Å². The summed E-state index contributed by atoms with van der Waals surface area (Å²) in [5.74, 6) is -3.22. The summed E-state index contributed by atoms with van der Waals surface area (Å²) in [5, 5.41) is 9.51. The number of rotatable bonds is 5. The van der Waals surface area contributed by atoms with Gasteiger partial charge in [0.15, 0.2) is 0 Å². The minimum absolute atomic E-state index is 0.0211. The van der Waals surface area contributed by atoms with Crippen molar-refractivity contribution in [3.63, 3.8) is 0 Å². The normalized spacial score (nSPS) is 26.9. The van der Waals surface area contributed by atoms with E-state index in [-0.39, 0.29) is 23.9 Å². The van der Waals surface area contributed by atoms with Gasteiger partial charge in [0.25, 0.3) is 5.91 Å². The number of carbonyl (C=O) groups excluding carboxylic acids is 2. The third-order valence-electron chi connectivity index (χ3n) is 5.65. The van der Waals surface area contributed by atoms with Crippen molar-refractivity contribution >= 4 is 24.1 Å². The highest BCUT2D eigenvalue weighted by Gasteiger charge is 2.49. The fourth-order valence-corrected chi connectivity index (χ4v) is 4.16. The first-order valence-electron chi connectivity index (χ1n) is 9.95. The molecule has 0 saturated heterocycles. The van der Waals surface area contributed by atoms with Crippen LogP contribution in [0, 0.1) is 5.92 Å². The zero-order chi connectivity index (χ0) is 22.3. The summed E-state index contributed by atoms with van der Waals surface area (Å²) in [5.41, 5.74) is 0.918. The fourth-order valence-electron chi connectivity index (χ4n) is 4.16. The number of carboxylic acids is 1. The number of carbonyl (C=O) groups is 3. The van der Waals surface area contributed by atoms with Crippen molar-refractivity contribution in [3.05, 3.63) is 58.5 Å². The molecule has 3 unspecified atom stereocenters. The van der Waals surface area contributed by atoms with Crippen LogP contribution in [0.25, 0.3) is 0 Å². The van der Waals surface area contributed by atoms with Gasteiger partial charge in [-0.2, -0.15) is 0 Å². The van der Waals surface area contributed by atoms with Crippen molar-refractivity contribution in [1.82, 2.24) is 4.90 Å². The largest absolute Gasteiger partial charge is 0.475 e. The Hall–Kier alpha value is -3.49. The van der Waals surface area contributed by atoms with Gasteiger partial charge in [-0.25, -0.2) is 14.0 Å². The Morgan fingerprint density at radius 1 is 1.42 bits per heavy atom. The Kier molecular flexibility index (Phi) is 5.34. The Morgan fingerprint density at radius 2 is 2.19 bits per heavy atom. The Balaban J connectivity index is 1.77. The summed E-state index contributed by atoms with van der Waals surface area (Å²) in [7, 11) is 0. The van der Waals surface area contributed by atoms with E-state index < -0.39 is 35.7 Å². The summed E-state index contributed by atoms with van der Waals surface area (Å²) in [6, 6.07) is -1.31. The maximum Gasteiger partial charge on any atom is 0.373 e. The number of hydrogen-bond acceptors (Lipinski definition) is 6. The van der Waals surface area contributed by atoms with E-state index >= 15 is 0 Å². The summed E-state index contributed by atoms with van der Waals surface area (Å²) in [6.45, 7) is 3.37. The fraction of sp³-hybridized carbons (Fsp3) is 0.364. The summed E-state index contributed by atoms with van der Waals surface area (Å²) in [6.07, 6.45) is 8.22. The monoisotopic (exact) mass is 428 g/mol. The molecular formula is C22H21FN2O6. The highest BCUT2D eigenvalue weighted by atomic mass is 19.1. The van der Waals surface area contributed by atoms with Crippen LogP contribution in [0.15, 0.2) is 63.5 Å². The third-order valence-corrected chi connectivity index (χ3v) is 5.65. The molecule has 31 heavy (non-hydrogen) atoms. The molecule has 0 radical (unpaired) electrons. The van der Waals surface area contributed by atoms with Crippen molar-refractivity contribution in [2.45, 2.75) is 38.8 Å². The quantitative estimate of drug-likeness (QED) is 0.533. The molecular weight excluding hydrogens is 407 g/mol. The Labute approximate surface area is 177 Å². The molecule has 8 nitrogen and oxygen atoms in total. The molecule has 9 heteroatoms. The number of ether oxygens (including phenoxy) is 2. The van der Waals surface area contributed by atoms with Crippen LogP contribution >= 0.6 is 0 Å². The number of nitrogens with zero attached hydrogens (tertiary/aromatic N) is 2. The minimum Gasteiger partial charge on any atom is -0.475 e. The van der Waals surface area contributed by atoms with Gasteiger partial charge in [0, 0.05) is 11.8 Å². The zero-order valence-electron chi connectivity index (χ0n) is 17.0. The van der Waals surface area contributed by atoms with Crippen LogP contribution in [-0.2, 0) is 23.9 Å². The van der Waals surface area contributed by atoms with E-state index in [2.05, 4.69) is 4.99 Å². The van der Waals surface area contributed by atoms with Crippen molar-refractivity contribution < 1.29 is 33.4 Å². The average Bonchev–Trinajstić information content (AvgIpc) is 2.74. The van der Waals surface area contributed by atoms with Crippen LogP contribution in [0.2, 0.25) is 0 Å². The third kappa shape index (κ3) is 3.60. The van der Waals surface area contributed by atoms with Gasteiger partial charge in [0.05, 0.1) is 12.8 Å². The molecule has 1 amide bonds.